The first-order valence-corrected chi connectivity index (χ1v) is 8.94. The van der Waals surface area contributed by atoms with Gasteiger partial charge in [0.15, 0.2) is 0 Å². The Kier molecular flexibility index (Phi) is 16.6. The van der Waals surface area contributed by atoms with E-state index in [4.69, 9.17) is 14.2 Å². The number of hydrogen-bond donors (Lipinski definition) is 5. The molecule has 0 heterocycles. The van der Waals surface area contributed by atoms with Crippen molar-refractivity contribution in [2.45, 2.75) is 25.0 Å². The molecule has 0 bridgehead atoms. The van der Waals surface area contributed by atoms with Gasteiger partial charge in [0.25, 0.3) is 0 Å². The van der Waals surface area contributed by atoms with Gasteiger partial charge in [-0.3, -0.25) is 4.79 Å². The topological polar surface area (TPSA) is 138 Å². The van der Waals surface area contributed by atoms with Crippen molar-refractivity contribution in [1.29, 1.82) is 0 Å². The number of amides is 2. The maximum absolute atomic E-state index is 11.5. The van der Waals surface area contributed by atoms with Crippen LogP contribution in [0, 0.1) is 0 Å². The fourth-order valence-electron chi connectivity index (χ4n) is 1.88. The van der Waals surface area contributed by atoms with E-state index in [1.165, 1.54) is 7.11 Å². The Hall–Kier alpha value is -1.72. The Morgan fingerprint density at radius 2 is 1.81 bits per heavy atom. The number of unbranched alkanes of at least 4 members (excludes halogenated alkanes) is 1. The van der Waals surface area contributed by atoms with E-state index in [0.29, 0.717) is 19.7 Å². The van der Waals surface area contributed by atoms with E-state index >= 15 is 0 Å². The second-order valence-corrected chi connectivity index (χ2v) is 5.76. The second kappa shape index (κ2) is 17.7. The molecule has 2 atom stereocenters. The van der Waals surface area contributed by atoms with Gasteiger partial charge in [0.2, 0.25) is 5.91 Å². The summed E-state index contributed by atoms with van der Waals surface area (Å²) >= 11 is 0. The van der Waals surface area contributed by atoms with E-state index < -0.39 is 18.3 Å². The van der Waals surface area contributed by atoms with E-state index in [1.54, 1.807) is 0 Å². The van der Waals surface area contributed by atoms with Crippen LogP contribution >= 0.6 is 0 Å². The molecule has 0 fully saturated rings. The quantitative estimate of drug-likeness (QED) is 0.153. The molecule has 10 nitrogen and oxygen atoms in total. The van der Waals surface area contributed by atoms with E-state index in [-0.39, 0.29) is 38.8 Å². The average Bonchev–Trinajstić information content (AvgIpc) is 2.65. The van der Waals surface area contributed by atoms with Crippen molar-refractivity contribution in [1.82, 2.24) is 16.0 Å². The zero-order valence-electron chi connectivity index (χ0n) is 15.9. The summed E-state index contributed by atoms with van der Waals surface area (Å²) in [6.07, 6.45) is 0.752. The van der Waals surface area contributed by atoms with Crippen LogP contribution in [0.15, 0.2) is 12.7 Å². The largest absolute Gasteiger partial charge is 0.448 e. The first-order chi connectivity index (χ1) is 13.0. The number of rotatable bonds is 17. The molecule has 5 N–H and O–H groups in total. The molecule has 0 aromatic heterocycles. The fourth-order valence-corrected chi connectivity index (χ4v) is 1.88. The van der Waals surface area contributed by atoms with E-state index in [2.05, 4.69) is 22.5 Å². The Balaban J connectivity index is 3.39. The van der Waals surface area contributed by atoms with Crippen LogP contribution in [0.4, 0.5) is 4.79 Å². The third kappa shape index (κ3) is 17.5. The Labute approximate surface area is 160 Å². The molecule has 0 aromatic carbocycles. The van der Waals surface area contributed by atoms with Gasteiger partial charge in [-0.1, -0.05) is 6.58 Å². The van der Waals surface area contributed by atoms with Gasteiger partial charge < -0.3 is 40.4 Å². The van der Waals surface area contributed by atoms with Crippen molar-refractivity contribution in [3.8, 4) is 0 Å². The van der Waals surface area contributed by atoms with Crippen LogP contribution in [0.5, 0.6) is 0 Å². The van der Waals surface area contributed by atoms with Crippen LogP contribution < -0.4 is 16.0 Å². The number of alkyl carbamates (subject to hydrolysis) is 1. The molecule has 0 aliphatic rings. The highest BCUT2D eigenvalue weighted by Gasteiger charge is 2.06. The monoisotopic (exact) mass is 391 g/mol. The number of carbonyl (C=O) groups excluding carboxylic acids is 2. The van der Waals surface area contributed by atoms with Gasteiger partial charge in [-0.25, -0.2) is 4.79 Å². The lowest BCUT2D eigenvalue weighted by molar-refractivity contribution is -0.116. The molecular formula is C17H33N3O7. The Bertz CT molecular complexity index is 410. The summed E-state index contributed by atoms with van der Waals surface area (Å²) in [6.45, 7) is 5.68. The lowest BCUT2D eigenvalue weighted by Crippen LogP contribution is -2.38. The van der Waals surface area contributed by atoms with Crippen LogP contribution in [0.1, 0.15) is 12.8 Å². The summed E-state index contributed by atoms with van der Waals surface area (Å²) in [5, 5.41) is 27.0. The van der Waals surface area contributed by atoms with Gasteiger partial charge in [0, 0.05) is 39.9 Å². The minimum Gasteiger partial charge on any atom is -0.448 e. The van der Waals surface area contributed by atoms with Crippen molar-refractivity contribution < 1.29 is 34.0 Å². The van der Waals surface area contributed by atoms with Gasteiger partial charge in [0.05, 0.1) is 19.3 Å². The number of aliphatic hydroxyl groups is 2. The van der Waals surface area contributed by atoms with Crippen molar-refractivity contribution in [3.05, 3.63) is 12.7 Å². The molecule has 2 unspecified atom stereocenters. The summed E-state index contributed by atoms with van der Waals surface area (Å²) in [5.74, 6) is -0.343. The van der Waals surface area contributed by atoms with Crippen LogP contribution in [0.25, 0.3) is 0 Å². The Morgan fingerprint density at radius 1 is 1.04 bits per heavy atom. The number of aliphatic hydroxyl groups excluding tert-OH is 2. The van der Waals surface area contributed by atoms with E-state index in [9.17, 15) is 19.8 Å². The SMILES string of the molecule is C=CC(=O)NCC(O)CNCCOC(=O)NCCCCOCC(O)COC. The van der Waals surface area contributed by atoms with Crippen molar-refractivity contribution in [3.63, 3.8) is 0 Å². The van der Waals surface area contributed by atoms with Gasteiger partial charge in [-0.15, -0.1) is 0 Å². The molecule has 2 amide bonds. The smallest absolute Gasteiger partial charge is 0.407 e. The summed E-state index contributed by atoms with van der Waals surface area (Å²) in [5.41, 5.74) is 0. The normalized spacial score (nSPS) is 12.9. The van der Waals surface area contributed by atoms with Crippen LogP contribution in [-0.4, -0.2) is 94.1 Å². The van der Waals surface area contributed by atoms with Gasteiger partial charge >= 0.3 is 6.09 Å². The molecule has 0 saturated carbocycles. The summed E-state index contributed by atoms with van der Waals surface area (Å²) < 4.78 is 15.0. The van der Waals surface area contributed by atoms with Gasteiger partial charge in [-0.2, -0.15) is 0 Å². The number of ether oxygens (including phenoxy) is 3. The Morgan fingerprint density at radius 3 is 2.52 bits per heavy atom. The maximum Gasteiger partial charge on any atom is 0.407 e. The maximum atomic E-state index is 11.5. The molecular weight excluding hydrogens is 358 g/mol. The third-order valence-corrected chi connectivity index (χ3v) is 3.24. The first-order valence-electron chi connectivity index (χ1n) is 8.94. The molecule has 0 saturated heterocycles. The van der Waals surface area contributed by atoms with Gasteiger partial charge in [-0.05, 0) is 18.9 Å². The lowest BCUT2D eigenvalue weighted by Gasteiger charge is -2.12. The minimum atomic E-state index is -0.736. The van der Waals surface area contributed by atoms with E-state index in [1.807, 2.05) is 0 Å². The average molecular weight is 391 g/mol. The van der Waals surface area contributed by atoms with Crippen molar-refractivity contribution >= 4 is 12.0 Å². The number of hydrogen-bond acceptors (Lipinski definition) is 8. The standard InChI is InChI=1S/C17H33N3O7/c1-3-16(23)20-11-14(21)10-18-7-9-27-17(24)19-6-4-5-8-26-13-15(22)12-25-2/h3,14-15,18,21-22H,1,4-13H2,2H3,(H,19,24)(H,20,23). The molecule has 0 aliphatic carbocycles. The molecule has 0 aromatic rings. The number of nitrogens with one attached hydrogen (secondary N) is 3. The van der Waals surface area contributed by atoms with E-state index in [0.717, 1.165) is 18.9 Å². The molecule has 0 rings (SSSR count). The molecule has 0 spiro atoms. The predicted octanol–water partition coefficient (Wildman–Crippen LogP) is -1.23. The molecule has 10 heteroatoms. The third-order valence-electron chi connectivity index (χ3n) is 3.24. The van der Waals surface area contributed by atoms with Crippen LogP contribution in [-0.2, 0) is 19.0 Å². The first kappa shape index (κ1) is 25.3. The van der Waals surface area contributed by atoms with Crippen molar-refractivity contribution in [2.24, 2.45) is 0 Å². The number of carbonyl (C=O) groups is 2. The van der Waals surface area contributed by atoms with Gasteiger partial charge in [0.1, 0.15) is 12.7 Å². The highest BCUT2D eigenvalue weighted by atomic mass is 16.5. The summed E-state index contributed by atoms with van der Waals surface area (Å²) in [7, 11) is 1.51. The highest BCUT2D eigenvalue weighted by molar-refractivity contribution is 5.86. The van der Waals surface area contributed by atoms with Crippen LogP contribution in [0.2, 0.25) is 0 Å². The molecule has 0 radical (unpaired) electrons. The second-order valence-electron chi connectivity index (χ2n) is 5.76. The predicted molar refractivity (Wildman–Crippen MR) is 99.4 cm³/mol. The van der Waals surface area contributed by atoms with Crippen LogP contribution in [0.3, 0.4) is 0 Å². The van der Waals surface area contributed by atoms with Crippen molar-refractivity contribution in [2.75, 3.05) is 59.7 Å². The lowest BCUT2D eigenvalue weighted by atomic mass is 10.3. The summed E-state index contributed by atoms with van der Waals surface area (Å²) in [6, 6.07) is 0. The molecule has 158 valence electrons. The summed E-state index contributed by atoms with van der Waals surface area (Å²) in [4.78, 5) is 22.4. The highest BCUT2D eigenvalue weighted by Crippen LogP contribution is 1.92. The minimum absolute atomic E-state index is 0.119. The zero-order valence-corrected chi connectivity index (χ0v) is 15.9. The fraction of sp³-hybridized carbons (Fsp3) is 0.765. The zero-order chi connectivity index (χ0) is 20.3. The number of methoxy groups -OCH3 is 1. The molecule has 0 aliphatic heterocycles. The molecule has 27 heavy (non-hydrogen) atoms.